The number of likely N-dealkylation sites (tertiary alicyclic amines) is 1. The van der Waals surface area contributed by atoms with Gasteiger partial charge in [0.25, 0.3) is 0 Å². The van der Waals surface area contributed by atoms with E-state index in [2.05, 4.69) is 20.4 Å². The van der Waals surface area contributed by atoms with E-state index in [1.165, 1.54) is 0 Å². The van der Waals surface area contributed by atoms with Crippen molar-refractivity contribution in [1.82, 2.24) is 20.4 Å². The Balaban J connectivity index is 1.52. The number of aromatic nitrogens is 2. The molecule has 1 aromatic rings. The number of nitrogens with zero attached hydrogens (tertiary/aromatic N) is 3. The fourth-order valence-electron chi connectivity index (χ4n) is 2.87. The largest absolute Gasteiger partial charge is 0.464 e. The average Bonchev–Trinajstić information content (AvgIpc) is 3.00. The molecule has 0 amide bonds. The molecule has 7 heteroatoms. The molecule has 1 aromatic heterocycles. The third kappa shape index (κ3) is 3.16. The fraction of sp³-hybridized carbons (Fsp3) is 0.769. The topological polar surface area (TPSA) is 80.5 Å². The molecular weight excluding hydrogens is 260 g/mol. The van der Waals surface area contributed by atoms with Gasteiger partial charge in [0.2, 0.25) is 5.89 Å². The lowest BCUT2D eigenvalue weighted by molar-refractivity contribution is -0.139. The summed E-state index contributed by atoms with van der Waals surface area (Å²) in [5, 5.41) is 7.34. The Bertz CT molecular complexity index is 476. The molecule has 110 valence electrons. The molecule has 2 aliphatic rings. The zero-order valence-electron chi connectivity index (χ0n) is 11.7. The average molecular weight is 280 g/mol. The third-order valence-electron chi connectivity index (χ3n) is 3.81. The van der Waals surface area contributed by atoms with E-state index in [0.29, 0.717) is 25.1 Å². The Morgan fingerprint density at radius 2 is 2.35 bits per heavy atom. The van der Waals surface area contributed by atoms with Gasteiger partial charge < -0.3 is 14.6 Å². The Hall–Kier alpha value is -1.47. The number of aryl methyl sites for hydroxylation is 1. The molecule has 2 fully saturated rings. The van der Waals surface area contributed by atoms with E-state index in [-0.39, 0.29) is 12.0 Å². The number of carbonyl (C=O) groups excluding carboxylic acids is 1. The van der Waals surface area contributed by atoms with Crippen LogP contribution in [0.5, 0.6) is 0 Å². The van der Waals surface area contributed by atoms with E-state index in [1.807, 2.05) is 0 Å². The summed E-state index contributed by atoms with van der Waals surface area (Å²) >= 11 is 0. The minimum absolute atomic E-state index is 0.115. The van der Waals surface area contributed by atoms with Crippen LogP contribution in [0.15, 0.2) is 4.52 Å². The molecule has 1 N–H and O–H groups in total. The number of hydrogen-bond donors (Lipinski definition) is 1. The van der Waals surface area contributed by atoms with Crippen molar-refractivity contribution in [2.75, 3.05) is 19.7 Å². The van der Waals surface area contributed by atoms with Gasteiger partial charge >= 0.3 is 5.97 Å². The summed E-state index contributed by atoms with van der Waals surface area (Å²) in [6, 6.07) is 0.194. The van der Waals surface area contributed by atoms with E-state index >= 15 is 0 Å². The van der Waals surface area contributed by atoms with Crippen molar-refractivity contribution in [3.05, 3.63) is 11.7 Å². The molecular formula is C13H20N4O3. The van der Waals surface area contributed by atoms with Crippen molar-refractivity contribution in [2.24, 2.45) is 0 Å². The summed E-state index contributed by atoms with van der Waals surface area (Å²) in [7, 11) is 0. The summed E-state index contributed by atoms with van der Waals surface area (Å²) in [6.07, 6.45) is 2.97. The maximum atomic E-state index is 11.5. The predicted octanol–water partition coefficient (Wildman–Crippen LogP) is 0.248. The molecule has 0 spiro atoms. The molecule has 2 atom stereocenters. The number of carbonyl (C=O) groups is 1. The normalized spacial score (nSPS) is 27.8. The Morgan fingerprint density at radius 3 is 3.05 bits per heavy atom. The van der Waals surface area contributed by atoms with Gasteiger partial charge in [0.05, 0.1) is 13.2 Å². The maximum absolute atomic E-state index is 11.5. The summed E-state index contributed by atoms with van der Waals surface area (Å²) in [4.78, 5) is 18.0. The molecule has 0 aromatic carbocycles. The smallest absolute Gasteiger partial charge is 0.323 e. The van der Waals surface area contributed by atoms with Crippen molar-refractivity contribution in [1.29, 1.82) is 0 Å². The zero-order valence-corrected chi connectivity index (χ0v) is 11.7. The molecule has 3 rings (SSSR count). The van der Waals surface area contributed by atoms with Crippen LogP contribution >= 0.6 is 0 Å². The quantitative estimate of drug-likeness (QED) is 0.792. The number of cyclic esters (lactones) is 1. The molecule has 2 saturated heterocycles. The minimum Gasteiger partial charge on any atom is -0.464 e. The second-order valence-corrected chi connectivity index (χ2v) is 5.48. The SMILES string of the molecule is Cc1nc(CN2CCC[C@H](N[C@@H]3CCOC3=O)C2)no1. The molecule has 7 nitrogen and oxygen atoms in total. The van der Waals surface area contributed by atoms with E-state index < -0.39 is 0 Å². The first-order valence-electron chi connectivity index (χ1n) is 7.15. The van der Waals surface area contributed by atoms with Crippen LogP contribution in [0.2, 0.25) is 0 Å². The molecule has 0 saturated carbocycles. The second-order valence-electron chi connectivity index (χ2n) is 5.48. The second kappa shape index (κ2) is 5.88. The summed E-state index contributed by atoms with van der Waals surface area (Å²) < 4.78 is 9.97. The first-order valence-corrected chi connectivity index (χ1v) is 7.15. The van der Waals surface area contributed by atoms with Crippen molar-refractivity contribution in [3.63, 3.8) is 0 Å². The first kappa shape index (κ1) is 13.5. The van der Waals surface area contributed by atoms with Crippen molar-refractivity contribution in [3.8, 4) is 0 Å². The Labute approximate surface area is 117 Å². The fourth-order valence-corrected chi connectivity index (χ4v) is 2.87. The van der Waals surface area contributed by atoms with Gasteiger partial charge in [0.15, 0.2) is 5.82 Å². The van der Waals surface area contributed by atoms with Crippen LogP contribution in [0.1, 0.15) is 31.0 Å². The molecule has 0 bridgehead atoms. The number of nitrogens with one attached hydrogen (secondary N) is 1. The van der Waals surface area contributed by atoms with Crippen molar-refractivity contribution < 1.29 is 14.1 Å². The van der Waals surface area contributed by atoms with Gasteiger partial charge in [-0.05, 0) is 19.4 Å². The highest BCUT2D eigenvalue weighted by atomic mass is 16.5. The maximum Gasteiger partial charge on any atom is 0.323 e. The molecule has 0 unspecified atom stereocenters. The predicted molar refractivity (Wildman–Crippen MR) is 69.8 cm³/mol. The lowest BCUT2D eigenvalue weighted by Crippen LogP contribution is -2.50. The number of esters is 1. The molecule has 20 heavy (non-hydrogen) atoms. The van der Waals surface area contributed by atoms with Crippen LogP contribution in [0, 0.1) is 6.92 Å². The number of ether oxygens (including phenoxy) is 1. The van der Waals surface area contributed by atoms with Gasteiger partial charge in [-0.3, -0.25) is 9.69 Å². The van der Waals surface area contributed by atoms with Gasteiger partial charge in [-0.25, -0.2) is 0 Å². The highest BCUT2D eigenvalue weighted by molar-refractivity contribution is 5.77. The van der Waals surface area contributed by atoms with E-state index in [0.717, 1.165) is 38.2 Å². The van der Waals surface area contributed by atoms with E-state index in [4.69, 9.17) is 9.26 Å². The standard InChI is InChI=1S/C13H20N4O3/c1-9-14-12(16-20-9)8-17-5-2-3-10(7-17)15-11-4-6-19-13(11)18/h10-11,15H,2-8H2,1H3/t10-,11+/m0/s1. The van der Waals surface area contributed by atoms with Crippen LogP contribution < -0.4 is 5.32 Å². The van der Waals surface area contributed by atoms with E-state index in [1.54, 1.807) is 6.92 Å². The third-order valence-corrected chi connectivity index (χ3v) is 3.81. The molecule has 3 heterocycles. The number of piperidine rings is 1. The number of rotatable bonds is 4. The van der Waals surface area contributed by atoms with Crippen LogP contribution in [0.3, 0.4) is 0 Å². The van der Waals surface area contributed by atoms with Crippen molar-refractivity contribution >= 4 is 5.97 Å². The molecule has 2 aliphatic heterocycles. The Morgan fingerprint density at radius 1 is 1.45 bits per heavy atom. The lowest BCUT2D eigenvalue weighted by atomic mass is 10.0. The van der Waals surface area contributed by atoms with Gasteiger partial charge in [0, 0.05) is 25.9 Å². The Kier molecular flexibility index (Phi) is 3.98. The summed E-state index contributed by atoms with van der Waals surface area (Å²) in [6.45, 7) is 4.96. The van der Waals surface area contributed by atoms with Crippen LogP contribution in [0.25, 0.3) is 0 Å². The lowest BCUT2D eigenvalue weighted by Gasteiger charge is -2.33. The van der Waals surface area contributed by atoms with Crippen LogP contribution in [-0.2, 0) is 16.1 Å². The zero-order chi connectivity index (χ0) is 13.9. The summed E-state index contributed by atoms with van der Waals surface area (Å²) in [5.41, 5.74) is 0. The van der Waals surface area contributed by atoms with E-state index in [9.17, 15) is 4.79 Å². The van der Waals surface area contributed by atoms with Gasteiger partial charge in [-0.1, -0.05) is 5.16 Å². The van der Waals surface area contributed by atoms with Gasteiger partial charge in [0.1, 0.15) is 6.04 Å². The highest BCUT2D eigenvalue weighted by Crippen LogP contribution is 2.15. The van der Waals surface area contributed by atoms with Gasteiger partial charge in [-0.15, -0.1) is 0 Å². The van der Waals surface area contributed by atoms with Crippen LogP contribution in [-0.4, -0.2) is 52.8 Å². The highest BCUT2D eigenvalue weighted by Gasteiger charge is 2.30. The minimum atomic E-state index is -0.132. The molecule has 0 aliphatic carbocycles. The summed E-state index contributed by atoms with van der Waals surface area (Å²) in [5.74, 6) is 1.21. The van der Waals surface area contributed by atoms with Gasteiger partial charge in [-0.2, -0.15) is 4.98 Å². The monoisotopic (exact) mass is 280 g/mol. The molecule has 0 radical (unpaired) electrons. The van der Waals surface area contributed by atoms with Crippen molar-refractivity contribution in [2.45, 2.75) is 44.8 Å². The number of hydrogen-bond acceptors (Lipinski definition) is 7. The van der Waals surface area contributed by atoms with Crippen LogP contribution in [0.4, 0.5) is 0 Å². The first-order chi connectivity index (χ1) is 9.70.